The number of likely N-dealkylation sites (tertiary alicyclic amines) is 1. The summed E-state index contributed by atoms with van der Waals surface area (Å²) in [5.41, 5.74) is 0.0512. The van der Waals surface area contributed by atoms with Gasteiger partial charge in [-0.3, -0.25) is 9.69 Å². The molecule has 3 aliphatic rings. The number of pyridine rings is 1. The van der Waals surface area contributed by atoms with Crippen LogP contribution >= 0.6 is 11.6 Å². The highest BCUT2D eigenvalue weighted by Crippen LogP contribution is 2.44. The summed E-state index contributed by atoms with van der Waals surface area (Å²) in [6, 6.07) is 1.90. The molecule has 32 heavy (non-hydrogen) atoms. The predicted octanol–water partition coefficient (Wildman–Crippen LogP) is 3.75. The Morgan fingerprint density at radius 1 is 1.28 bits per heavy atom. The van der Waals surface area contributed by atoms with Gasteiger partial charge in [0.25, 0.3) is 0 Å². The van der Waals surface area contributed by atoms with Gasteiger partial charge in [0.05, 0.1) is 28.4 Å². The number of aliphatic hydroxyl groups is 1. The van der Waals surface area contributed by atoms with Crippen molar-refractivity contribution < 1.29 is 19.8 Å². The van der Waals surface area contributed by atoms with Crippen LogP contribution < -0.4 is 9.80 Å². The quantitative estimate of drug-likeness (QED) is 0.688. The molecule has 2 N–H and O–H groups in total. The number of anilines is 2. The van der Waals surface area contributed by atoms with E-state index in [0.717, 1.165) is 58.0 Å². The van der Waals surface area contributed by atoms with E-state index in [2.05, 4.69) is 14.8 Å². The van der Waals surface area contributed by atoms with E-state index < -0.39 is 11.5 Å². The van der Waals surface area contributed by atoms with Crippen LogP contribution in [0.4, 0.5) is 16.3 Å². The second-order valence-electron chi connectivity index (χ2n) is 9.45. The van der Waals surface area contributed by atoms with Crippen LogP contribution in [0.15, 0.2) is 12.3 Å². The van der Waals surface area contributed by atoms with Gasteiger partial charge in [0, 0.05) is 32.2 Å². The maximum Gasteiger partial charge on any atom is 0.411 e. The zero-order chi connectivity index (χ0) is 22.9. The number of carbonyl (C=O) groups excluding carboxylic acids is 1. The SMILES string of the molecule is CCCN(C(=O)O)c1cnc(N2CCCC3(CCN([C@H]4CC[C@@H](O)CC4)C3=O)C2)c(Cl)c1. The van der Waals surface area contributed by atoms with Crippen molar-refractivity contribution in [2.75, 3.05) is 36.0 Å². The summed E-state index contributed by atoms with van der Waals surface area (Å²) in [6.07, 6.45) is 6.87. The minimum Gasteiger partial charge on any atom is -0.465 e. The maximum atomic E-state index is 13.5. The van der Waals surface area contributed by atoms with Gasteiger partial charge in [-0.2, -0.15) is 0 Å². The summed E-state index contributed by atoms with van der Waals surface area (Å²) in [5.74, 6) is 0.847. The molecule has 0 aromatic carbocycles. The first kappa shape index (κ1) is 23.1. The van der Waals surface area contributed by atoms with Gasteiger partial charge in [0.2, 0.25) is 5.91 Å². The van der Waals surface area contributed by atoms with E-state index in [9.17, 15) is 19.8 Å². The Labute approximate surface area is 194 Å². The lowest BCUT2D eigenvalue weighted by Gasteiger charge is -2.41. The molecule has 0 bridgehead atoms. The topological polar surface area (TPSA) is 97.2 Å². The highest BCUT2D eigenvalue weighted by atomic mass is 35.5. The Morgan fingerprint density at radius 2 is 2.03 bits per heavy atom. The number of halogens is 1. The van der Waals surface area contributed by atoms with E-state index in [1.165, 1.54) is 4.90 Å². The minimum absolute atomic E-state index is 0.228. The molecule has 3 heterocycles. The number of hydrogen-bond donors (Lipinski definition) is 2. The predicted molar refractivity (Wildman–Crippen MR) is 123 cm³/mol. The van der Waals surface area contributed by atoms with Crippen LogP contribution in [0.3, 0.4) is 0 Å². The van der Waals surface area contributed by atoms with Crippen molar-refractivity contribution in [2.45, 2.75) is 70.4 Å². The normalized spacial score (nSPS) is 28.4. The molecule has 1 aromatic rings. The molecule has 1 aromatic heterocycles. The zero-order valence-corrected chi connectivity index (χ0v) is 19.4. The van der Waals surface area contributed by atoms with Crippen LogP contribution in [-0.4, -0.2) is 70.4 Å². The number of hydrogen-bond acceptors (Lipinski definition) is 5. The van der Waals surface area contributed by atoms with Crippen LogP contribution in [0.1, 0.15) is 58.3 Å². The summed E-state index contributed by atoms with van der Waals surface area (Å²) < 4.78 is 0. The van der Waals surface area contributed by atoms with Gasteiger partial charge < -0.3 is 20.0 Å². The molecule has 2 amide bonds. The number of aromatic nitrogens is 1. The molecular formula is C23H33ClN4O4. The molecule has 1 unspecified atom stereocenters. The molecule has 176 valence electrons. The average molecular weight is 465 g/mol. The van der Waals surface area contributed by atoms with Gasteiger partial charge in [-0.05, 0) is 57.4 Å². The lowest BCUT2D eigenvalue weighted by molar-refractivity contribution is -0.139. The number of carboxylic acid groups (broad SMARTS) is 1. The molecule has 2 saturated heterocycles. The zero-order valence-electron chi connectivity index (χ0n) is 18.7. The fourth-order valence-corrected chi connectivity index (χ4v) is 5.90. The van der Waals surface area contributed by atoms with Gasteiger partial charge in [-0.1, -0.05) is 18.5 Å². The van der Waals surface area contributed by atoms with E-state index in [-0.39, 0.29) is 18.1 Å². The lowest BCUT2D eigenvalue weighted by atomic mass is 9.78. The molecule has 1 aliphatic carbocycles. The standard InChI is InChI=1S/C23H33ClN4O4/c1-2-10-28(22(31)32)17-13-19(24)20(25-14-17)26-11-3-8-23(15-26)9-12-27(21(23)30)16-4-6-18(29)7-5-16/h13-14,16,18,29H,2-12,15H2,1H3,(H,31,32)/t16-,18+,23?. The van der Waals surface area contributed by atoms with E-state index >= 15 is 0 Å². The number of aliphatic hydroxyl groups excluding tert-OH is 1. The molecule has 8 nitrogen and oxygen atoms in total. The smallest absolute Gasteiger partial charge is 0.411 e. The lowest BCUT2D eigenvalue weighted by Crippen LogP contribution is -2.50. The second kappa shape index (κ2) is 9.43. The second-order valence-corrected chi connectivity index (χ2v) is 9.86. The van der Waals surface area contributed by atoms with Crippen molar-refractivity contribution in [3.05, 3.63) is 17.3 Å². The van der Waals surface area contributed by atoms with Crippen LogP contribution in [0.2, 0.25) is 5.02 Å². The van der Waals surface area contributed by atoms with Crippen molar-refractivity contribution in [3.63, 3.8) is 0 Å². The van der Waals surface area contributed by atoms with E-state index in [1.54, 1.807) is 12.3 Å². The molecule has 2 aliphatic heterocycles. The third-order valence-electron chi connectivity index (χ3n) is 7.33. The van der Waals surface area contributed by atoms with Gasteiger partial charge in [-0.15, -0.1) is 0 Å². The Bertz CT molecular complexity index is 860. The molecule has 1 atom stereocenters. The number of amides is 2. The Balaban J connectivity index is 1.49. The van der Waals surface area contributed by atoms with Crippen molar-refractivity contribution in [2.24, 2.45) is 5.41 Å². The van der Waals surface area contributed by atoms with E-state index in [1.807, 2.05) is 6.92 Å². The molecule has 0 radical (unpaired) electrons. The largest absolute Gasteiger partial charge is 0.465 e. The van der Waals surface area contributed by atoms with Crippen molar-refractivity contribution in [3.8, 4) is 0 Å². The first-order valence-electron chi connectivity index (χ1n) is 11.7. The van der Waals surface area contributed by atoms with Gasteiger partial charge in [0.1, 0.15) is 5.82 Å². The molecule has 3 fully saturated rings. The van der Waals surface area contributed by atoms with Crippen LogP contribution in [-0.2, 0) is 4.79 Å². The van der Waals surface area contributed by atoms with Crippen LogP contribution in [0, 0.1) is 5.41 Å². The Hall–Kier alpha value is -2.06. The molecular weight excluding hydrogens is 432 g/mol. The van der Waals surface area contributed by atoms with Gasteiger partial charge >= 0.3 is 6.09 Å². The number of nitrogens with zero attached hydrogens (tertiary/aromatic N) is 4. The highest BCUT2D eigenvalue weighted by Gasteiger charge is 2.51. The monoisotopic (exact) mass is 464 g/mol. The summed E-state index contributed by atoms with van der Waals surface area (Å²) in [7, 11) is 0. The first-order valence-corrected chi connectivity index (χ1v) is 12.1. The number of rotatable bonds is 5. The van der Waals surface area contributed by atoms with Gasteiger partial charge in [0.15, 0.2) is 0 Å². The van der Waals surface area contributed by atoms with E-state index in [4.69, 9.17) is 11.6 Å². The fourth-order valence-electron chi connectivity index (χ4n) is 5.62. The van der Waals surface area contributed by atoms with Gasteiger partial charge in [-0.25, -0.2) is 9.78 Å². The fraction of sp³-hybridized carbons (Fsp3) is 0.696. The van der Waals surface area contributed by atoms with Crippen molar-refractivity contribution >= 4 is 35.1 Å². The summed E-state index contributed by atoms with van der Waals surface area (Å²) >= 11 is 6.56. The van der Waals surface area contributed by atoms with Crippen LogP contribution in [0.5, 0.6) is 0 Å². The number of piperidine rings is 1. The molecule has 4 rings (SSSR count). The summed E-state index contributed by atoms with van der Waals surface area (Å²) in [6.45, 7) is 4.43. The Morgan fingerprint density at radius 3 is 2.69 bits per heavy atom. The van der Waals surface area contributed by atoms with Crippen LogP contribution in [0.25, 0.3) is 0 Å². The minimum atomic E-state index is -1.03. The third kappa shape index (κ3) is 4.39. The van der Waals surface area contributed by atoms with Crippen molar-refractivity contribution in [1.29, 1.82) is 0 Å². The summed E-state index contributed by atoms with van der Waals surface area (Å²) in [5, 5.41) is 19.7. The number of carbonyl (C=O) groups is 2. The third-order valence-corrected chi connectivity index (χ3v) is 7.60. The first-order chi connectivity index (χ1) is 15.3. The summed E-state index contributed by atoms with van der Waals surface area (Å²) in [4.78, 5) is 35.0. The Kier molecular flexibility index (Phi) is 6.81. The van der Waals surface area contributed by atoms with E-state index in [0.29, 0.717) is 36.0 Å². The average Bonchev–Trinajstić information content (AvgIpc) is 3.07. The molecule has 1 saturated carbocycles. The molecule has 9 heteroatoms. The highest BCUT2D eigenvalue weighted by molar-refractivity contribution is 6.33. The maximum absolute atomic E-state index is 13.5. The van der Waals surface area contributed by atoms with Crippen molar-refractivity contribution in [1.82, 2.24) is 9.88 Å². The molecule has 1 spiro atoms.